The lowest BCUT2D eigenvalue weighted by molar-refractivity contribution is -0.183. The maximum absolute atomic E-state index is 14.5. The number of nitrogens with one attached hydrogen (secondary N) is 3. The summed E-state index contributed by atoms with van der Waals surface area (Å²) in [6.45, 7) is 5.34. The van der Waals surface area contributed by atoms with Crippen LogP contribution in [0.25, 0.3) is 12.2 Å². The van der Waals surface area contributed by atoms with Crippen LogP contribution in [0.15, 0.2) is 109 Å². The number of hydrogen-bond acceptors (Lipinski definition) is 6. The van der Waals surface area contributed by atoms with Crippen LogP contribution in [0.5, 0.6) is 0 Å². The molecule has 0 heterocycles. The molecule has 0 aromatic heterocycles. The van der Waals surface area contributed by atoms with Gasteiger partial charge in [0.2, 0.25) is 5.72 Å². The number of fused-ring (bicyclic) bond motifs is 1. The molecule has 0 saturated carbocycles. The molecule has 0 unspecified atom stereocenters. The molecule has 5 rings (SSSR count). The van der Waals surface area contributed by atoms with Crippen molar-refractivity contribution in [3.8, 4) is 0 Å². The fraction of sp³-hybridized carbons (Fsp3) is 0.275. The van der Waals surface area contributed by atoms with E-state index in [0.29, 0.717) is 6.42 Å². The average molecular weight is 661 g/mol. The minimum atomic E-state index is -2.35. The predicted molar refractivity (Wildman–Crippen MR) is 190 cm³/mol. The smallest absolute Gasteiger partial charge is 0.407 e. The first-order chi connectivity index (χ1) is 23.5. The number of alkyl carbamates (subject to hydrolysis) is 1. The second kappa shape index (κ2) is 15.3. The summed E-state index contributed by atoms with van der Waals surface area (Å²) in [5.41, 5.74) is 4.86. The molecule has 254 valence electrons. The zero-order chi connectivity index (χ0) is 35.0. The monoisotopic (exact) mass is 660 g/mol. The number of hydrazine groups is 1. The van der Waals surface area contributed by atoms with E-state index in [-0.39, 0.29) is 18.2 Å². The normalized spacial score (nSPS) is 16.0. The second-order valence-corrected chi connectivity index (χ2v) is 13.3. The van der Waals surface area contributed by atoms with E-state index in [1.807, 2.05) is 91.0 Å². The van der Waals surface area contributed by atoms with Crippen LogP contribution in [-0.2, 0) is 33.0 Å². The third-order valence-electron chi connectivity index (χ3n) is 8.73. The number of methoxy groups -OCH3 is 1. The van der Waals surface area contributed by atoms with E-state index in [2.05, 4.69) is 16.1 Å². The molecular formula is C40H44N4O5. The van der Waals surface area contributed by atoms with Crippen molar-refractivity contribution in [3.63, 3.8) is 0 Å². The summed E-state index contributed by atoms with van der Waals surface area (Å²) in [4.78, 5) is 40.8. The van der Waals surface area contributed by atoms with Gasteiger partial charge in [0.15, 0.2) is 0 Å². The van der Waals surface area contributed by atoms with E-state index < -0.39 is 35.1 Å². The molecule has 49 heavy (non-hydrogen) atoms. The van der Waals surface area contributed by atoms with Crippen LogP contribution >= 0.6 is 0 Å². The lowest BCUT2D eigenvalue weighted by atomic mass is 9.86. The van der Waals surface area contributed by atoms with E-state index in [1.54, 1.807) is 51.1 Å². The molecule has 0 bridgehead atoms. The molecule has 3 amide bonds. The highest BCUT2D eigenvalue weighted by molar-refractivity contribution is 5.89. The van der Waals surface area contributed by atoms with Gasteiger partial charge in [-0.3, -0.25) is 15.0 Å². The third kappa shape index (κ3) is 8.43. The van der Waals surface area contributed by atoms with Crippen molar-refractivity contribution in [1.29, 1.82) is 0 Å². The Morgan fingerprint density at radius 3 is 2.08 bits per heavy atom. The molecule has 3 atom stereocenters. The number of rotatable bonds is 11. The molecular weight excluding hydrogens is 616 g/mol. The number of ether oxygens (including phenoxy) is 1. The lowest BCUT2D eigenvalue weighted by Gasteiger charge is -2.41. The Morgan fingerprint density at radius 1 is 0.857 bits per heavy atom. The van der Waals surface area contributed by atoms with E-state index >= 15 is 0 Å². The third-order valence-corrected chi connectivity index (χ3v) is 8.73. The van der Waals surface area contributed by atoms with Gasteiger partial charge in [-0.1, -0.05) is 142 Å². The standard InChI is InChI=1S/C40H44N4O5/c1-39(2,3)35(42-38(47)49-4)36(45)43-44(27-30-23-21-29(22-24-30)20-19-28-13-7-5-8-14-28)40(48,32-16-9-6-10-17-32)37(46)41-34-26-25-31-15-11-12-18-33(31)34/h5-24,34-35,48H,25-27H2,1-4H3,(H,41,46)(H,42,47)(H,43,45)/b20-19+/t34-,35-,40-/m1/s1. The van der Waals surface area contributed by atoms with E-state index in [9.17, 15) is 19.5 Å². The highest BCUT2D eigenvalue weighted by Crippen LogP contribution is 2.34. The van der Waals surface area contributed by atoms with Gasteiger partial charge in [0, 0.05) is 12.1 Å². The summed E-state index contributed by atoms with van der Waals surface area (Å²) >= 11 is 0. The van der Waals surface area contributed by atoms with Crippen molar-refractivity contribution < 1.29 is 24.2 Å². The predicted octanol–water partition coefficient (Wildman–Crippen LogP) is 6.11. The number of nitrogens with zero attached hydrogens (tertiary/aromatic N) is 1. The summed E-state index contributed by atoms with van der Waals surface area (Å²) in [5, 5.41) is 19.6. The molecule has 0 saturated heterocycles. The van der Waals surface area contributed by atoms with Crippen molar-refractivity contribution in [3.05, 3.63) is 143 Å². The minimum absolute atomic E-state index is 0.0520. The Bertz CT molecular complexity index is 1770. The number of benzene rings is 4. The number of carbonyl (C=O) groups excluding carboxylic acids is 3. The van der Waals surface area contributed by atoms with Gasteiger partial charge in [0.05, 0.1) is 13.2 Å². The molecule has 0 spiro atoms. The molecule has 4 N–H and O–H groups in total. The first kappa shape index (κ1) is 35.1. The van der Waals surface area contributed by atoms with E-state index in [0.717, 1.165) is 34.2 Å². The van der Waals surface area contributed by atoms with E-state index in [4.69, 9.17) is 4.74 Å². The summed E-state index contributed by atoms with van der Waals surface area (Å²) in [6, 6.07) is 32.6. The van der Waals surface area contributed by atoms with Crippen molar-refractivity contribution in [1.82, 2.24) is 21.1 Å². The Morgan fingerprint density at radius 2 is 1.45 bits per heavy atom. The van der Waals surface area contributed by atoms with Gasteiger partial charge in [-0.2, -0.15) is 5.01 Å². The molecule has 4 aromatic carbocycles. The van der Waals surface area contributed by atoms with Gasteiger partial charge < -0.3 is 20.5 Å². The van der Waals surface area contributed by atoms with Gasteiger partial charge in [0.1, 0.15) is 6.04 Å². The summed E-state index contributed by atoms with van der Waals surface area (Å²) in [7, 11) is 1.22. The number of hydrogen-bond donors (Lipinski definition) is 4. The maximum atomic E-state index is 14.5. The highest BCUT2D eigenvalue weighted by Gasteiger charge is 2.47. The van der Waals surface area contributed by atoms with Crippen molar-refractivity contribution >= 4 is 30.1 Å². The van der Waals surface area contributed by atoms with Crippen LogP contribution in [-0.4, -0.2) is 41.2 Å². The van der Waals surface area contributed by atoms with Crippen LogP contribution < -0.4 is 16.1 Å². The molecule has 9 heteroatoms. The minimum Gasteiger partial charge on any atom is -0.453 e. The zero-order valence-corrected chi connectivity index (χ0v) is 28.4. The van der Waals surface area contributed by atoms with Crippen LogP contribution in [0.2, 0.25) is 0 Å². The largest absolute Gasteiger partial charge is 0.453 e. The second-order valence-electron chi connectivity index (χ2n) is 13.3. The topological polar surface area (TPSA) is 120 Å². The first-order valence-electron chi connectivity index (χ1n) is 16.4. The van der Waals surface area contributed by atoms with Gasteiger partial charge in [-0.05, 0) is 46.1 Å². The first-order valence-corrected chi connectivity index (χ1v) is 16.4. The van der Waals surface area contributed by atoms with Crippen LogP contribution in [0, 0.1) is 5.41 Å². The molecule has 4 aromatic rings. The molecule has 0 aliphatic heterocycles. The number of aryl methyl sites for hydroxylation is 1. The molecule has 0 radical (unpaired) electrons. The zero-order valence-electron chi connectivity index (χ0n) is 28.4. The molecule has 1 aliphatic rings. The van der Waals surface area contributed by atoms with Crippen molar-refractivity contribution in [2.24, 2.45) is 5.41 Å². The quantitative estimate of drug-likeness (QED) is 0.0876. The maximum Gasteiger partial charge on any atom is 0.407 e. The fourth-order valence-corrected chi connectivity index (χ4v) is 6.00. The summed E-state index contributed by atoms with van der Waals surface area (Å²) in [5.74, 6) is -1.33. The summed E-state index contributed by atoms with van der Waals surface area (Å²) in [6.07, 6.45) is 4.70. The Labute approximate surface area is 288 Å². The van der Waals surface area contributed by atoms with E-state index in [1.165, 1.54) is 12.1 Å². The summed E-state index contributed by atoms with van der Waals surface area (Å²) < 4.78 is 4.80. The number of carbonyl (C=O) groups is 3. The molecule has 1 aliphatic carbocycles. The van der Waals surface area contributed by atoms with Gasteiger partial charge >= 0.3 is 6.09 Å². The molecule has 0 fully saturated rings. The van der Waals surface area contributed by atoms with Gasteiger partial charge in [-0.15, -0.1) is 0 Å². The average Bonchev–Trinajstić information content (AvgIpc) is 3.52. The lowest BCUT2D eigenvalue weighted by Crippen LogP contribution is -2.65. The van der Waals surface area contributed by atoms with Gasteiger partial charge in [0.25, 0.3) is 11.8 Å². The molecule has 9 nitrogen and oxygen atoms in total. The highest BCUT2D eigenvalue weighted by atomic mass is 16.5. The SMILES string of the molecule is COC(=O)N[C@H](C(=O)NN(Cc1ccc(/C=C/c2ccccc2)cc1)[C@](O)(C(=O)N[C@@H]1CCc2ccccc21)c1ccccc1)C(C)(C)C. The fourth-order valence-electron chi connectivity index (χ4n) is 6.00. The van der Waals surface area contributed by atoms with Gasteiger partial charge in [-0.25, -0.2) is 4.79 Å². The number of amides is 3. The Kier molecular flexibility index (Phi) is 11.0. The Hall–Kier alpha value is -5.25. The van der Waals surface area contributed by atoms with Crippen LogP contribution in [0.1, 0.15) is 66.6 Å². The van der Waals surface area contributed by atoms with Crippen LogP contribution in [0.4, 0.5) is 4.79 Å². The Balaban J connectivity index is 1.51. The van der Waals surface area contributed by atoms with Crippen molar-refractivity contribution in [2.45, 2.75) is 58.0 Å². The van der Waals surface area contributed by atoms with Crippen molar-refractivity contribution in [2.75, 3.05) is 7.11 Å². The number of aliphatic hydroxyl groups is 1. The van der Waals surface area contributed by atoms with Crippen LogP contribution in [0.3, 0.4) is 0 Å².